The summed E-state index contributed by atoms with van der Waals surface area (Å²) in [5, 5.41) is 14.1. The van der Waals surface area contributed by atoms with Crippen molar-refractivity contribution >= 4 is 23.4 Å². The largest absolute Gasteiger partial charge is 0.450 e. The van der Waals surface area contributed by atoms with Crippen LogP contribution in [0.3, 0.4) is 0 Å². The van der Waals surface area contributed by atoms with Gasteiger partial charge in [0.1, 0.15) is 11.4 Å². The zero-order valence-corrected chi connectivity index (χ0v) is 16.1. The number of carbonyl (C=O) groups excluding carboxylic acids is 1. The molecular formula is C19H21ClN2O5. The van der Waals surface area contributed by atoms with Gasteiger partial charge in [0.15, 0.2) is 0 Å². The Bertz CT molecular complexity index is 833. The molecule has 0 atom stereocenters. The molecule has 0 heterocycles. The summed E-state index contributed by atoms with van der Waals surface area (Å²) in [4.78, 5) is 22.3. The Balaban J connectivity index is 2.01. The molecule has 8 heteroatoms. The highest BCUT2D eigenvalue weighted by molar-refractivity contribution is 6.30. The van der Waals surface area contributed by atoms with E-state index in [4.69, 9.17) is 21.1 Å². The van der Waals surface area contributed by atoms with Crippen molar-refractivity contribution in [3.05, 3.63) is 63.2 Å². The average Bonchev–Trinajstić information content (AvgIpc) is 2.53. The SMILES string of the molecule is CC(C)(C)OC(=O)NCCc1cccc(Oc2cc(Cl)ccc2[N+](=O)[O-])c1. The Kier molecular flexibility index (Phi) is 6.63. The fourth-order valence-corrected chi connectivity index (χ4v) is 2.40. The van der Waals surface area contributed by atoms with Crippen molar-refractivity contribution in [2.45, 2.75) is 32.8 Å². The van der Waals surface area contributed by atoms with Gasteiger partial charge in [-0.2, -0.15) is 0 Å². The first-order valence-corrected chi connectivity index (χ1v) is 8.69. The first-order valence-electron chi connectivity index (χ1n) is 8.31. The minimum absolute atomic E-state index is 0.0662. The summed E-state index contributed by atoms with van der Waals surface area (Å²) in [5.41, 5.74) is 0.174. The molecule has 27 heavy (non-hydrogen) atoms. The minimum atomic E-state index is -0.552. The maximum atomic E-state index is 11.7. The third-order valence-corrected chi connectivity index (χ3v) is 3.56. The highest BCUT2D eigenvalue weighted by Crippen LogP contribution is 2.33. The first kappa shape index (κ1) is 20.5. The van der Waals surface area contributed by atoms with Crippen molar-refractivity contribution in [1.29, 1.82) is 0 Å². The molecule has 1 amide bonds. The van der Waals surface area contributed by atoms with E-state index in [1.165, 1.54) is 18.2 Å². The lowest BCUT2D eigenvalue weighted by molar-refractivity contribution is -0.385. The monoisotopic (exact) mass is 392 g/mol. The van der Waals surface area contributed by atoms with E-state index in [2.05, 4.69) is 5.32 Å². The van der Waals surface area contributed by atoms with Gasteiger partial charge in [0.25, 0.3) is 0 Å². The average molecular weight is 393 g/mol. The molecule has 0 aromatic heterocycles. The standard InChI is InChI=1S/C19H21ClN2O5/c1-19(2,3)27-18(23)21-10-9-13-5-4-6-15(11-13)26-17-12-14(20)7-8-16(17)22(24)25/h4-8,11-12H,9-10H2,1-3H3,(H,21,23). The number of carbonyl (C=O) groups is 1. The van der Waals surface area contributed by atoms with Crippen LogP contribution in [0.1, 0.15) is 26.3 Å². The van der Waals surface area contributed by atoms with E-state index in [9.17, 15) is 14.9 Å². The van der Waals surface area contributed by atoms with Gasteiger partial charge in [-0.3, -0.25) is 10.1 Å². The van der Waals surface area contributed by atoms with Gasteiger partial charge >= 0.3 is 11.8 Å². The van der Waals surface area contributed by atoms with Crippen LogP contribution in [0.15, 0.2) is 42.5 Å². The van der Waals surface area contributed by atoms with Crippen molar-refractivity contribution in [3.8, 4) is 11.5 Å². The molecule has 2 rings (SSSR count). The van der Waals surface area contributed by atoms with Gasteiger partial charge in [0, 0.05) is 23.7 Å². The molecule has 144 valence electrons. The molecule has 0 radical (unpaired) electrons. The number of nitrogens with one attached hydrogen (secondary N) is 1. The van der Waals surface area contributed by atoms with E-state index in [1.54, 1.807) is 39.0 Å². The second-order valence-corrected chi connectivity index (χ2v) is 7.23. The first-order chi connectivity index (χ1) is 12.6. The van der Waals surface area contributed by atoms with Crippen LogP contribution in [0.2, 0.25) is 5.02 Å². The van der Waals surface area contributed by atoms with Crippen LogP contribution in [0, 0.1) is 10.1 Å². The number of rotatable bonds is 6. The zero-order valence-electron chi connectivity index (χ0n) is 15.3. The number of halogens is 1. The molecule has 0 unspecified atom stereocenters. The molecule has 0 fully saturated rings. The fraction of sp³-hybridized carbons (Fsp3) is 0.316. The highest BCUT2D eigenvalue weighted by Gasteiger charge is 2.17. The molecule has 0 bridgehead atoms. The molecule has 0 saturated heterocycles. The van der Waals surface area contributed by atoms with Gasteiger partial charge in [-0.05, 0) is 51.0 Å². The predicted molar refractivity (Wildman–Crippen MR) is 103 cm³/mol. The Morgan fingerprint density at radius 3 is 2.63 bits per heavy atom. The topological polar surface area (TPSA) is 90.7 Å². The third kappa shape index (κ3) is 6.79. The molecule has 0 aliphatic rings. The number of nitrogens with zero attached hydrogens (tertiary/aromatic N) is 1. The summed E-state index contributed by atoms with van der Waals surface area (Å²) in [6.07, 6.45) is 0.0677. The summed E-state index contributed by atoms with van der Waals surface area (Å²) >= 11 is 5.91. The van der Waals surface area contributed by atoms with Crippen LogP contribution in [0.25, 0.3) is 0 Å². The van der Waals surface area contributed by atoms with E-state index >= 15 is 0 Å². The lowest BCUT2D eigenvalue weighted by atomic mass is 10.1. The molecule has 0 aliphatic heterocycles. The maximum absolute atomic E-state index is 11.7. The number of alkyl carbamates (subject to hydrolysis) is 1. The van der Waals surface area contributed by atoms with Gasteiger partial charge in [0.05, 0.1) is 4.92 Å². The van der Waals surface area contributed by atoms with Gasteiger partial charge in [0.2, 0.25) is 5.75 Å². The lowest BCUT2D eigenvalue weighted by Gasteiger charge is -2.19. The predicted octanol–water partition coefficient (Wildman–Crippen LogP) is 5.11. The summed E-state index contributed by atoms with van der Waals surface area (Å²) in [5.74, 6) is 0.506. The van der Waals surface area contributed by atoms with Gasteiger partial charge in [-0.25, -0.2) is 4.79 Å². The molecule has 2 aromatic rings. The number of benzene rings is 2. The molecule has 0 saturated carbocycles. The van der Waals surface area contributed by atoms with Crippen LogP contribution in [-0.2, 0) is 11.2 Å². The molecule has 1 N–H and O–H groups in total. The minimum Gasteiger partial charge on any atom is -0.450 e. The number of amides is 1. The van der Waals surface area contributed by atoms with Crippen LogP contribution < -0.4 is 10.1 Å². The smallest absolute Gasteiger partial charge is 0.407 e. The van der Waals surface area contributed by atoms with E-state index in [0.717, 1.165) is 5.56 Å². The van der Waals surface area contributed by atoms with Crippen molar-refractivity contribution in [2.24, 2.45) is 0 Å². The molecule has 0 aliphatic carbocycles. The van der Waals surface area contributed by atoms with E-state index in [1.807, 2.05) is 6.07 Å². The second-order valence-electron chi connectivity index (χ2n) is 6.80. The van der Waals surface area contributed by atoms with Crippen LogP contribution in [0.5, 0.6) is 11.5 Å². The normalized spacial score (nSPS) is 11.0. The van der Waals surface area contributed by atoms with Crippen LogP contribution in [0.4, 0.5) is 10.5 Å². The summed E-state index contributed by atoms with van der Waals surface area (Å²) in [6, 6.07) is 11.2. The molecular weight excluding hydrogens is 372 g/mol. The van der Waals surface area contributed by atoms with Gasteiger partial charge in [-0.15, -0.1) is 0 Å². The quantitative estimate of drug-likeness (QED) is 0.545. The Labute approximate surface area is 162 Å². The second kappa shape index (κ2) is 8.73. The Morgan fingerprint density at radius 1 is 1.22 bits per heavy atom. The third-order valence-electron chi connectivity index (χ3n) is 3.33. The van der Waals surface area contributed by atoms with E-state index in [-0.39, 0.29) is 11.4 Å². The van der Waals surface area contributed by atoms with E-state index in [0.29, 0.717) is 23.7 Å². The van der Waals surface area contributed by atoms with Gasteiger partial charge < -0.3 is 14.8 Å². The number of hydrogen-bond donors (Lipinski definition) is 1. The number of hydrogen-bond acceptors (Lipinski definition) is 5. The Hall–Kier alpha value is -2.80. The lowest BCUT2D eigenvalue weighted by Crippen LogP contribution is -2.33. The number of nitro groups is 1. The number of nitro benzene ring substituents is 1. The molecule has 2 aromatic carbocycles. The van der Waals surface area contributed by atoms with Crippen molar-refractivity contribution in [1.82, 2.24) is 5.32 Å². The fourth-order valence-electron chi connectivity index (χ4n) is 2.24. The number of ether oxygens (including phenoxy) is 2. The Morgan fingerprint density at radius 2 is 1.96 bits per heavy atom. The summed E-state index contributed by atoms with van der Waals surface area (Å²) in [6.45, 7) is 5.77. The van der Waals surface area contributed by atoms with Crippen LogP contribution >= 0.6 is 11.6 Å². The molecule has 0 spiro atoms. The maximum Gasteiger partial charge on any atom is 0.407 e. The van der Waals surface area contributed by atoms with Crippen molar-refractivity contribution < 1.29 is 19.2 Å². The van der Waals surface area contributed by atoms with Crippen molar-refractivity contribution in [2.75, 3.05) is 6.54 Å². The summed E-state index contributed by atoms with van der Waals surface area (Å²) < 4.78 is 10.8. The molecule has 7 nitrogen and oxygen atoms in total. The zero-order chi connectivity index (χ0) is 20.0. The van der Waals surface area contributed by atoms with Crippen LogP contribution in [-0.4, -0.2) is 23.2 Å². The highest BCUT2D eigenvalue weighted by atomic mass is 35.5. The van der Waals surface area contributed by atoms with Crippen molar-refractivity contribution in [3.63, 3.8) is 0 Å². The summed E-state index contributed by atoms with van der Waals surface area (Å²) in [7, 11) is 0. The van der Waals surface area contributed by atoms with E-state index < -0.39 is 16.6 Å². The van der Waals surface area contributed by atoms with Gasteiger partial charge in [-0.1, -0.05) is 23.7 Å².